The normalized spacial score (nSPS) is 10.2. The Balaban J connectivity index is 1.67. The highest BCUT2D eigenvalue weighted by Gasteiger charge is 2.09. The van der Waals surface area contributed by atoms with Crippen LogP contribution >= 0.6 is 0 Å². The third-order valence-corrected chi connectivity index (χ3v) is 3.52. The molecule has 1 amide bonds. The molecule has 0 aliphatic rings. The predicted molar refractivity (Wildman–Crippen MR) is 90.3 cm³/mol. The van der Waals surface area contributed by atoms with Crippen LogP contribution in [0.3, 0.4) is 0 Å². The van der Waals surface area contributed by atoms with Crippen molar-refractivity contribution in [3.8, 4) is 6.07 Å². The van der Waals surface area contributed by atoms with Crippen LogP contribution in [0.25, 0.3) is 0 Å². The van der Waals surface area contributed by atoms with Crippen LogP contribution in [0.1, 0.15) is 27.2 Å². The number of pyridine rings is 2. The molecule has 26 heavy (non-hydrogen) atoms. The van der Waals surface area contributed by atoms with E-state index in [2.05, 4.69) is 15.3 Å². The number of aromatic nitrogens is 2. The lowest BCUT2D eigenvalue weighted by atomic mass is 10.1. The quantitative estimate of drug-likeness (QED) is 0.781. The third kappa shape index (κ3) is 4.24. The first-order valence-electron chi connectivity index (χ1n) is 7.61. The van der Waals surface area contributed by atoms with E-state index in [0.717, 1.165) is 11.6 Å². The molecule has 0 spiro atoms. The molecule has 0 saturated carbocycles. The maximum absolute atomic E-state index is 13.2. The van der Waals surface area contributed by atoms with Gasteiger partial charge in [0.25, 0.3) is 5.91 Å². The summed E-state index contributed by atoms with van der Waals surface area (Å²) in [6.45, 7) is 0. The van der Waals surface area contributed by atoms with Gasteiger partial charge in [-0.15, -0.1) is 0 Å². The van der Waals surface area contributed by atoms with Crippen molar-refractivity contribution in [2.24, 2.45) is 0 Å². The van der Waals surface area contributed by atoms with E-state index in [1.54, 1.807) is 12.1 Å². The second kappa shape index (κ2) is 7.49. The molecule has 2 aromatic heterocycles. The SMILES string of the molecule is N#Cc1ccc(C(=O)Nc2ccc(Cc3cc(F)cc(F)c3)cn2)nc1. The molecule has 128 valence electrons. The molecule has 0 radical (unpaired) electrons. The van der Waals surface area contributed by atoms with Crippen molar-refractivity contribution in [1.29, 1.82) is 5.26 Å². The summed E-state index contributed by atoms with van der Waals surface area (Å²) < 4.78 is 26.4. The fourth-order valence-electron chi connectivity index (χ4n) is 2.33. The van der Waals surface area contributed by atoms with Gasteiger partial charge in [-0.1, -0.05) is 6.07 Å². The predicted octanol–water partition coefficient (Wildman–Crippen LogP) is 3.47. The van der Waals surface area contributed by atoms with E-state index < -0.39 is 17.5 Å². The van der Waals surface area contributed by atoms with Crippen molar-refractivity contribution < 1.29 is 13.6 Å². The Morgan fingerprint density at radius 3 is 2.35 bits per heavy atom. The number of hydrogen-bond acceptors (Lipinski definition) is 4. The molecule has 0 aliphatic heterocycles. The number of anilines is 1. The second-order valence-electron chi connectivity index (χ2n) is 5.50. The number of amides is 1. The number of hydrogen-bond donors (Lipinski definition) is 1. The minimum atomic E-state index is -0.633. The summed E-state index contributed by atoms with van der Waals surface area (Å²) in [6, 6.07) is 11.5. The lowest BCUT2D eigenvalue weighted by molar-refractivity contribution is 0.102. The first-order valence-corrected chi connectivity index (χ1v) is 7.61. The Morgan fingerprint density at radius 1 is 1.00 bits per heavy atom. The van der Waals surface area contributed by atoms with Crippen LogP contribution < -0.4 is 5.32 Å². The minimum Gasteiger partial charge on any atom is -0.305 e. The smallest absolute Gasteiger partial charge is 0.275 e. The molecule has 1 aromatic carbocycles. The standard InChI is InChI=1S/C19H12F2N4O/c20-15-6-14(7-16(21)8-15)5-12-2-4-18(24-10-12)25-19(26)17-3-1-13(9-22)11-23-17/h1-4,6-8,10-11H,5H2,(H,24,25,26). The molecule has 0 saturated heterocycles. The molecule has 5 nitrogen and oxygen atoms in total. The average Bonchev–Trinajstić information content (AvgIpc) is 2.62. The molecule has 0 bridgehead atoms. The number of nitriles is 1. The number of nitrogens with one attached hydrogen (secondary N) is 1. The van der Waals surface area contributed by atoms with Crippen molar-refractivity contribution in [2.75, 3.05) is 5.32 Å². The molecular weight excluding hydrogens is 338 g/mol. The Kier molecular flexibility index (Phi) is 4.94. The van der Waals surface area contributed by atoms with Gasteiger partial charge >= 0.3 is 0 Å². The van der Waals surface area contributed by atoms with E-state index in [4.69, 9.17) is 5.26 Å². The van der Waals surface area contributed by atoms with E-state index in [9.17, 15) is 13.6 Å². The lowest BCUT2D eigenvalue weighted by Crippen LogP contribution is -2.14. The summed E-state index contributed by atoms with van der Waals surface area (Å²) in [5, 5.41) is 11.3. The van der Waals surface area contributed by atoms with Gasteiger partial charge in [-0.05, 0) is 47.9 Å². The maximum Gasteiger partial charge on any atom is 0.275 e. The zero-order chi connectivity index (χ0) is 18.5. The van der Waals surface area contributed by atoms with Gasteiger partial charge in [0.15, 0.2) is 0 Å². The number of carbonyl (C=O) groups is 1. The van der Waals surface area contributed by atoms with Crippen LogP contribution in [0, 0.1) is 23.0 Å². The van der Waals surface area contributed by atoms with Crippen molar-refractivity contribution in [3.05, 3.63) is 88.9 Å². The van der Waals surface area contributed by atoms with E-state index >= 15 is 0 Å². The van der Waals surface area contributed by atoms with Crippen molar-refractivity contribution >= 4 is 11.7 Å². The molecule has 0 atom stereocenters. The molecule has 3 rings (SSSR count). The van der Waals surface area contributed by atoms with Gasteiger partial charge in [0.2, 0.25) is 0 Å². The molecule has 2 heterocycles. The van der Waals surface area contributed by atoms with Crippen LogP contribution in [0.5, 0.6) is 0 Å². The number of halogens is 2. The fraction of sp³-hybridized carbons (Fsp3) is 0.0526. The van der Waals surface area contributed by atoms with Gasteiger partial charge in [0, 0.05) is 18.5 Å². The van der Waals surface area contributed by atoms with Crippen LogP contribution in [0.2, 0.25) is 0 Å². The molecule has 7 heteroatoms. The monoisotopic (exact) mass is 350 g/mol. The van der Waals surface area contributed by atoms with E-state index in [0.29, 0.717) is 23.4 Å². The topological polar surface area (TPSA) is 78.7 Å². The van der Waals surface area contributed by atoms with Gasteiger partial charge in [0.05, 0.1) is 5.56 Å². The van der Waals surface area contributed by atoms with Gasteiger partial charge in [-0.25, -0.2) is 18.7 Å². The highest BCUT2D eigenvalue weighted by atomic mass is 19.1. The number of carbonyl (C=O) groups excluding carboxylic acids is 1. The summed E-state index contributed by atoms with van der Waals surface area (Å²) in [5.41, 5.74) is 1.75. The molecular formula is C19H12F2N4O. The van der Waals surface area contributed by atoms with Crippen molar-refractivity contribution in [2.45, 2.75) is 6.42 Å². The van der Waals surface area contributed by atoms with Crippen LogP contribution in [-0.4, -0.2) is 15.9 Å². The first kappa shape index (κ1) is 17.2. The summed E-state index contributed by atoms with van der Waals surface area (Å²) in [4.78, 5) is 20.1. The summed E-state index contributed by atoms with van der Waals surface area (Å²) in [7, 11) is 0. The van der Waals surface area contributed by atoms with Gasteiger partial charge in [0.1, 0.15) is 29.2 Å². The van der Waals surface area contributed by atoms with E-state index in [1.807, 2.05) is 6.07 Å². The highest BCUT2D eigenvalue weighted by molar-refractivity contribution is 6.02. The summed E-state index contributed by atoms with van der Waals surface area (Å²) in [6.07, 6.45) is 3.14. The van der Waals surface area contributed by atoms with Gasteiger partial charge in [-0.2, -0.15) is 5.26 Å². The molecule has 0 aliphatic carbocycles. The van der Waals surface area contributed by atoms with Crippen LogP contribution in [-0.2, 0) is 6.42 Å². The minimum absolute atomic E-state index is 0.158. The van der Waals surface area contributed by atoms with Gasteiger partial charge < -0.3 is 5.32 Å². The highest BCUT2D eigenvalue weighted by Crippen LogP contribution is 2.14. The Bertz CT molecular complexity index is 960. The maximum atomic E-state index is 13.2. The van der Waals surface area contributed by atoms with Gasteiger partial charge in [-0.3, -0.25) is 4.79 Å². The van der Waals surface area contributed by atoms with Crippen LogP contribution in [0.4, 0.5) is 14.6 Å². The third-order valence-electron chi connectivity index (χ3n) is 3.52. The number of rotatable bonds is 4. The van der Waals surface area contributed by atoms with Crippen molar-refractivity contribution in [1.82, 2.24) is 9.97 Å². The fourth-order valence-corrected chi connectivity index (χ4v) is 2.33. The number of nitrogens with zero attached hydrogens (tertiary/aromatic N) is 3. The molecule has 0 unspecified atom stereocenters. The lowest BCUT2D eigenvalue weighted by Gasteiger charge is -2.06. The zero-order valence-electron chi connectivity index (χ0n) is 13.4. The summed E-state index contributed by atoms with van der Waals surface area (Å²) in [5.74, 6) is -1.41. The molecule has 0 fully saturated rings. The van der Waals surface area contributed by atoms with E-state index in [1.165, 1.54) is 36.7 Å². The number of benzene rings is 1. The van der Waals surface area contributed by atoms with E-state index in [-0.39, 0.29) is 5.69 Å². The van der Waals surface area contributed by atoms with Crippen LogP contribution in [0.15, 0.2) is 54.9 Å². The largest absolute Gasteiger partial charge is 0.305 e. The molecule has 1 N–H and O–H groups in total. The zero-order valence-corrected chi connectivity index (χ0v) is 13.4. The Hall–Kier alpha value is -3.66. The second-order valence-corrected chi connectivity index (χ2v) is 5.50. The van der Waals surface area contributed by atoms with Crippen molar-refractivity contribution in [3.63, 3.8) is 0 Å². The Morgan fingerprint density at radius 2 is 1.77 bits per heavy atom. The average molecular weight is 350 g/mol. The molecule has 3 aromatic rings. The summed E-state index contributed by atoms with van der Waals surface area (Å²) >= 11 is 0. The Labute approximate surface area is 148 Å². The first-order chi connectivity index (χ1) is 12.5.